The highest BCUT2D eigenvalue weighted by molar-refractivity contribution is 9.10. The Hall–Kier alpha value is -0.870. The smallest absolute Gasteiger partial charge is 0.0986 e. The highest BCUT2D eigenvalue weighted by Crippen LogP contribution is 2.18. The van der Waals surface area contributed by atoms with Gasteiger partial charge in [-0.15, -0.1) is 0 Å². The zero-order valence-corrected chi connectivity index (χ0v) is 9.53. The van der Waals surface area contributed by atoms with Crippen LogP contribution in [-0.2, 0) is 0 Å². The Bertz CT molecular complexity index is 335. The van der Waals surface area contributed by atoms with Crippen LogP contribution in [0, 0.1) is 0 Å². The van der Waals surface area contributed by atoms with Crippen LogP contribution in [0.3, 0.4) is 0 Å². The van der Waals surface area contributed by atoms with Gasteiger partial charge in [0.25, 0.3) is 0 Å². The summed E-state index contributed by atoms with van der Waals surface area (Å²) in [4.78, 5) is 3.96. The van der Waals surface area contributed by atoms with Crippen molar-refractivity contribution in [2.45, 2.75) is 13.0 Å². The lowest BCUT2D eigenvalue weighted by Crippen LogP contribution is -2.09. The van der Waals surface area contributed by atoms with Crippen molar-refractivity contribution < 1.29 is 5.11 Å². The minimum absolute atomic E-state index is 0.304. The summed E-state index contributed by atoms with van der Waals surface area (Å²) in [6.45, 7) is 2.01. The summed E-state index contributed by atoms with van der Waals surface area (Å²) in [5, 5.41) is 9.71. The number of amidine groups is 1. The van der Waals surface area contributed by atoms with Gasteiger partial charge in [0.15, 0.2) is 0 Å². The van der Waals surface area contributed by atoms with E-state index < -0.39 is 6.10 Å². The molecule has 0 fully saturated rings. The molecule has 0 aliphatic carbocycles. The third-order valence-electron chi connectivity index (χ3n) is 1.75. The molecule has 0 saturated heterocycles. The van der Waals surface area contributed by atoms with Gasteiger partial charge in [0.2, 0.25) is 0 Å². The topological polar surface area (TPSA) is 58.6 Å². The van der Waals surface area contributed by atoms with Crippen LogP contribution in [0.4, 0.5) is 0 Å². The molecule has 4 heteroatoms. The molecule has 76 valence electrons. The summed E-state index contributed by atoms with van der Waals surface area (Å²) in [6.07, 6.45) is -0.592. The number of nitrogens with zero attached hydrogens (tertiary/aromatic N) is 1. The Kier molecular flexibility index (Phi) is 4.10. The first-order chi connectivity index (χ1) is 6.59. The molecule has 1 atom stereocenters. The van der Waals surface area contributed by atoms with Gasteiger partial charge < -0.3 is 10.8 Å². The quantitative estimate of drug-likeness (QED) is 0.638. The molecule has 3 N–H and O–H groups in total. The van der Waals surface area contributed by atoms with E-state index in [1.165, 1.54) is 0 Å². The van der Waals surface area contributed by atoms with Crippen molar-refractivity contribution in [1.82, 2.24) is 0 Å². The number of halogens is 1. The zero-order valence-electron chi connectivity index (χ0n) is 7.94. The second kappa shape index (κ2) is 5.12. The number of nitrogens with two attached hydrogens (primary N) is 1. The van der Waals surface area contributed by atoms with E-state index in [-0.39, 0.29) is 0 Å². The SMILES string of the molecule is CC(N)=NC[C@H](O)c1cccc([76Br])c1. The van der Waals surface area contributed by atoms with Gasteiger partial charge in [-0.3, -0.25) is 4.99 Å². The van der Waals surface area contributed by atoms with E-state index in [4.69, 9.17) is 5.73 Å². The Balaban J connectivity index is 2.69. The molecule has 0 unspecified atom stereocenters. The Morgan fingerprint density at radius 3 is 2.93 bits per heavy atom. The van der Waals surface area contributed by atoms with E-state index in [0.29, 0.717) is 12.4 Å². The van der Waals surface area contributed by atoms with Gasteiger partial charge in [-0.1, -0.05) is 28.1 Å². The molecular formula is C10H13BrN2O. The standard InChI is InChI=1S/C10H13BrN2O/c1-7(12)13-6-10(14)8-3-2-4-9(11)5-8/h2-5,10,14H,6H2,1H3,(H2,12,13)/t10-/m0/s1/i11-4. The van der Waals surface area contributed by atoms with Crippen LogP contribution in [-0.4, -0.2) is 17.5 Å². The van der Waals surface area contributed by atoms with Gasteiger partial charge in [0, 0.05) is 4.47 Å². The number of rotatable bonds is 3. The predicted octanol–water partition coefficient (Wildman–Crippen LogP) is 1.86. The van der Waals surface area contributed by atoms with Crippen LogP contribution in [0.15, 0.2) is 33.7 Å². The summed E-state index contributed by atoms with van der Waals surface area (Å²) >= 11 is 3.34. The van der Waals surface area contributed by atoms with E-state index in [2.05, 4.69) is 20.9 Å². The van der Waals surface area contributed by atoms with E-state index in [1.54, 1.807) is 6.92 Å². The monoisotopic (exact) mass is 253 g/mol. The zero-order chi connectivity index (χ0) is 10.6. The molecule has 0 aliphatic heterocycles. The summed E-state index contributed by atoms with van der Waals surface area (Å²) in [6, 6.07) is 7.51. The molecule has 3 nitrogen and oxygen atoms in total. The summed E-state index contributed by atoms with van der Waals surface area (Å²) in [7, 11) is 0. The molecule has 1 rings (SSSR count). The van der Waals surface area contributed by atoms with Crippen LogP contribution < -0.4 is 5.73 Å². The molecule has 0 spiro atoms. The molecular weight excluding hydrogens is 240 g/mol. The van der Waals surface area contributed by atoms with Crippen LogP contribution in [0.1, 0.15) is 18.6 Å². The average molecular weight is 253 g/mol. The summed E-state index contributed by atoms with van der Waals surface area (Å²) in [5.41, 5.74) is 6.22. The second-order valence-electron chi connectivity index (χ2n) is 3.05. The minimum atomic E-state index is -0.592. The highest BCUT2D eigenvalue weighted by atomic mass is 75.9. The lowest BCUT2D eigenvalue weighted by atomic mass is 10.1. The maximum atomic E-state index is 9.71. The van der Waals surface area contributed by atoms with E-state index in [1.807, 2.05) is 24.3 Å². The van der Waals surface area contributed by atoms with Crippen molar-refractivity contribution in [3.63, 3.8) is 0 Å². The van der Waals surface area contributed by atoms with Crippen molar-refractivity contribution in [2.75, 3.05) is 6.54 Å². The molecule has 0 amide bonds. The third-order valence-corrected chi connectivity index (χ3v) is 2.24. The third kappa shape index (κ3) is 3.47. The molecule has 0 saturated carbocycles. The van der Waals surface area contributed by atoms with Crippen LogP contribution in [0.25, 0.3) is 0 Å². The van der Waals surface area contributed by atoms with Gasteiger partial charge in [-0.25, -0.2) is 0 Å². The maximum Gasteiger partial charge on any atom is 0.0986 e. The first-order valence-electron chi connectivity index (χ1n) is 4.29. The van der Waals surface area contributed by atoms with Crippen molar-refractivity contribution in [2.24, 2.45) is 10.7 Å². The average Bonchev–Trinajstić information content (AvgIpc) is 2.14. The first kappa shape index (κ1) is 11.2. The molecule has 14 heavy (non-hydrogen) atoms. The highest BCUT2D eigenvalue weighted by Gasteiger charge is 2.06. The largest absolute Gasteiger partial charge is 0.388 e. The molecule has 0 bridgehead atoms. The van der Waals surface area contributed by atoms with Crippen molar-refractivity contribution in [3.8, 4) is 0 Å². The van der Waals surface area contributed by atoms with Gasteiger partial charge >= 0.3 is 0 Å². The fourth-order valence-corrected chi connectivity index (χ4v) is 1.47. The van der Waals surface area contributed by atoms with Crippen molar-refractivity contribution in [3.05, 3.63) is 34.3 Å². The Morgan fingerprint density at radius 2 is 2.36 bits per heavy atom. The van der Waals surface area contributed by atoms with Gasteiger partial charge in [-0.05, 0) is 24.6 Å². The van der Waals surface area contributed by atoms with Crippen molar-refractivity contribution >= 4 is 21.8 Å². The molecule has 1 aromatic carbocycles. The normalized spacial score (nSPS) is 14.1. The lowest BCUT2D eigenvalue weighted by Gasteiger charge is -2.08. The van der Waals surface area contributed by atoms with E-state index in [9.17, 15) is 5.11 Å². The number of hydrogen-bond acceptors (Lipinski definition) is 2. The Morgan fingerprint density at radius 1 is 1.64 bits per heavy atom. The van der Waals surface area contributed by atoms with E-state index >= 15 is 0 Å². The van der Waals surface area contributed by atoms with E-state index in [0.717, 1.165) is 10.0 Å². The van der Waals surface area contributed by atoms with Crippen molar-refractivity contribution in [1.29, 1.82) is 0 Å². The van der Waals surface area contributed by atoms with Crippen LogP contribution in [0.5, 0.6) is 0 Å². The van der Waals surface area contributed by atoms with Gasteiger partial charge in [0.1, 0.15) is 0 Å². The van der Waals surface area contributed by atoms with Crippen LogP contribution in [0.2, 0.25) is 0 Å². The lowest BCUT2D eigenvalue weighted by molar-refractivity contribution is 0.187. The first-order valence-corrected chi connectivity index (χ1v) is 5.09. The fraction of sp³-hybridized carbons (Fsp3) is 0.300. The molecule has 0 aromatic heterocycles. The molecule has 0 radical (unpaired) electrons. The minimum Gasteiger partial charge on any atom is -0.388 e. The van der Waals surface area contributed by atoms with Gasteiger partial charge in [0.05, 0.1) is 18.5 Å². The Labute approximate surface area is 91.8 Å². The number of aliphatic hydroxyl groups excluding tert-OH is 1. The second-order valence-corrected chi connectivity index (χ2v) is 3.97. The summed E-state index contributed by atoms with van der Waals surface area (Å²) in [5.74, 6) is 0.485. The molecule has 1 aromatic rings. The summed E-state index contributed by atoms with van der Waals surface area (Å²) < 4.78 is 0.947. The number of hydrogen-bond donors (Lipinski definition) is 2. The van der Waals surface area contributed by atoms with Gasteiger partial charge in [-0.2, -0.15) is 0 Å². The molecule has 0 heterocycles. The number of aliphatic imine (C=N–C) groups is 1. The van der Waals surface area contributed by atoms with Crippen LogP contribution >= 0.6 is 15.9 Å². The predicted molar refractivity (Wildman–Crippen MR) is 61.3 cm³/mol. The molecule has 0 aliphatic rings. The number of benzene rings is 1. The maximum absolute atomic E-state index is 9.71. The fourth-order valence-electron chi connectivity index (χ4n) is 1.05. The number of aliphatic hydroxyl groups is 1.